The van der Waals surface area contributed by atoms with Crippen molar-refractivity contribution < 1.29 is 14.1 Å². The molecule has 2 unspecified atom stereocenters. The van der Waals surface area contributed by atoms with Crippen molar-refractivity contribution in [2.75, 3.05) is 6.61 Å². The van der Waals surface area contributed by atoms with Crippen LogP contribution in [0.4, 0.5) is 0 Å². The predicted octanol–water partition coefficient (Wildman–Crippen LogP) is 2.13. The molecule has 0 spiro atoms. The van der Waals surface area contributed by atoms with Crippen LogP contribution in [0.15, 0.2) is 24.4 Å². The van der Waals surface area contributed by atoms with Crippen LogP contribution in [0.2, 0.25) is 0 Å². The van der Waals surface area contributed by atoms with Crippen LogP contribution in [0.5, 0.6) is 0 Å². The highest BCUT2D eigenvalue weighted by atomic mass is 32.2. The molecule has 0 radical (unpaired) electrons. The van der Waals surface area contributed by atoms with Crippen LogP contribution in [0.25, 0.3) is 0 Å². The lowest BCUT2D eigenvalue weighted by Crippen LogP contribution is -2.42. The van der Waals surface area contributed by atoms with E-state index >= 15 is 0 Å². The summed E-state index contributed by atoms with van der Waals surface area (Å²) in [7, 11) is 0. The van der Waals surface area contributed by atoms with E-state index in [4.69, 9.17) is 4.74 Å². The number of aromatic nitrogens is 1. The quantitative estimate of drug-likeness (QED) is 0.643. The van der Waals surface area contributed by atoms with Crippen LogP contribution in [0.1, 0.15) is 45.9 Å². The van der Waals surface area contributed by atoms with Crippen molar-refractivity contribution in [2.24, 2.45) is 0 Å². The monoisotopic (exact) mass is 298 g/mol. The van der Waals surface area contributed by atoms with Gasteiger partial charge < -0.3 is 9.29 Å². The van der Waals surface area contributed by atoms with E-state index in [1.165, 1.54) is 0 Å². The van der Waals surface area contributed by atoms with E-state index < -0.39 is 22.2 Å². The van der Waals surface area contributed by atoms with E-state index in [1.807, 2.05) is 26.8 Å². The Bertz CT molecular complexity index is 420. The lowest BCUT2D eigenvalue weighted by molar-refractivity contribution is -0.143. The van der Waals surface area contributed by atoms with Gasteiger partial charge in [0.2, 0.25) is 0 Å². The third kappa shape index (κ3) is 5.48. The molecule has 0 aliphatic rings. The van der Waals surface area contributed by atoms with Gasteiger partial charge in [-0.15, -0.1) is 4.72 Å². The zero-order valence-corrected chi connectivity index (χ0v) is 13.2. The Balaban J connectivity index is 2.82. The van der Waals surface area contributed by atoms with E-state index in [1.54, 1.807) is 25.3 Å². The fraction of sp³-hybridized carbons (Fsp3) is 0.571. The van der Waals surface area contributed by atoms with Crippen molar-refractivity contribution in [2.45, 2.75) is 44.9 Å². The number of nitrogens with zero attached hydrogens (tertiary/aromatic N) is 1. The van der Waals surface area contributed by atoms with Crippen molar-refractivity contribution in [3.8, 4) is 0 Å². The Morgan fingerprint density at radius 1 is 1.50 bits per heavy atom. The maximum absolute atomic E-state index is 12.2. The number of carbonyl (C=O) groups is 1. The molecular formula is C14H22N2O3S. The summed E-state index contributed by atoms with van der Waals surface area (Å²) < 4.78 is 19.7. The number of ether oxygens (including phenoxy) is 1. The second kappa shape index (κ2) is 7.61. The molecule has 2 atom stereocenters. The molecule has 0 saturated carbocycles. The average molecular weight is 298 g/mol. The molecule has 20 heavy (non-hydrogen) atoms. The van der Waals surface area contributed by atoms with Gasteiger partial charge in [0.25, 0.3) is 0 Å². The van der Waals surface area contributed by atoms with Gasteiger partial charge in [-0.3, -0.25) is 9.78 Å². The number of hydrogen-bond donors (Lipinski definition) is 1. The number of esters is 1. The Kier molecular flexibility index (Phi) is 6.45. The van der Waals surface area contributed by atoms with Crippen molar-refractivity contribution >= 4 is 17.3 Å². The van der Waals surface area contributed by atoms with Crippen LogP contribution in [-0.4, -0.2) is 26.9 Å². The van der Waals surface area contributed by atoms with Gasteiger partial charge in [0, 0.05) is 17.6 Å². The molecule has 0 saturated heterocycles. The Morgan fingerprint density at radius 2 is 2.20 bits per heavy atom. The van der Waals surface area contributed by atoms with Gasteiger partial charge >= 0.3 is 5.97 Å². The first kappa shape index (κ1) is 16.9. The van der Waals surface area contributed by atoms with E-state index in [0.29, 0.717) is 12.3 Å². The first-order valence-corrected chi connectivity index (χ1v) is 7.74. The Hall–Kier alpha value is -1.11. The van der Waals surface area contributed by atoms with Crippen molar-refractivity contribution in [3.05, 3.63) is 30.1 Å². The summed E-state index contributed by atoms with van der Waals surface area (Å²) in [6.45, 7) is 7.70. The van der Waals surface area contributed by atoms with E-state index in [9.17, 15) is 9.35 Å². The van der Waals surface area contributed by atoms with Crippen molar-refractivity contribution in [1.29, 1.82) is 0 Å². The van der Waals surface area contributed by atoms with Crippen LogP contribution in [-0.2, 0) is 20.9 Å². The summed E-state index contributed by atoms with van der Waals surface area (Å²) in [6, 6.07) is 5.01. The molecule has 0 bridgehead atoms. The second-order valence-electron chi connectivity index (χ2n) is 5.32. The Morgan fingerprint density at radius 3 is 2.70 bits per heavy atom. The standard InChI is InChI=1S/C14H22N2O3S/c1-5-19-13(17)10-12(11-8-6-7-9-15-11)16-20(18)14(2,3)4/h6-9,12,16H,5,10H2,1-4H3. The SMILES string of the molecule is CCOC(=O)CC(N[S+]([O-])C(C)(C)C)c1ccccn1. The first-order valence-electron chi connectivity index (χ1n) is 6.59. The highest BCUT2D eigenvalue weighted by Gasteiger charge is 2.31. The minimum absolute atomic E-state index is 0.104. The lowest BCUT2D eigenvalue weighted by Gasteiger charge is -2.27. The predicted molar refractivity (Wildman–Crippen MR) is 79.3 cm³/mol. The number of rotatable bonds is 6. The third-order valence-corrected chi connectivity index (χ3v) is 4.14. The highest BCUT2D eigenvalue weighted by Crippen LogP contribution is 2.21. The van der Waals surface area contributed by atoms with Crippen LogP contribution in [0, 0.1) is 0 Å². The van der Waals surface area contributed by atoms with Gasteiger partial charge in [0.1, 0.15) is 10.8 Å². The topological polar surface area (TPSA) is 74.3 Å². The zero-order valence-electron chi connectivity index (χ0n) is 12.4. The molecule has 6 heteroatoms. The lowest BCUT2D eigenvalue weighted by atomic mass is 10.1. The smallest absolute Gasteiger partial charge is 0.307 e. The van der Waals surface area contributed by atoms with Gasteiger partial charge in [-0.2, -0.15) is 0 Å². The maximum Gasteiger partial charge on any atom is 0.307 e. The van der Waals surface area contributed by atoms with Crippen LogP contribution < -0.4 is 4.72 Å². The van der Waals surface area contributed by atoms with Crippen LogP contribution in [0.3, 0.4) is 0 Å². The van der Waals surface area contributed by atoms with Gasteiger partial charge in [0.05, 0.1) is 18.7 Å². The number of nitrogens with one attached hydrogen (secondary N) is 1. The van der Waals surface area contributed by atoms with Gasteiger partial charge in [-0.25, -0.2) is 0 Å². The van der Waals surface area contributed by atoms with Gasteiger partial charge in [0.15, 0.2) is 0 Å². The van der Waals surface area contributed by atoms with Crippen LogP contribution >= 0.6 is 0 Å². The van der Waals surface area contributed by atoms with Crippen molar-refractivity contribution in [1.82, 2.24) is 9.71 Å². The molecule has 1 aromatic rings. The maximum atomic E-state index is 12.2. The molecule has 5 nitrogen and oxygen atoms in total. The third-order valence-electron chi connectivity index (χ3n) is 2.53. The average Bonchev–Trinajstić information content (AvgIpc) is 2.38. The molecule has 0 aliphatic heterocycles. The van der Waals surface area contributed by atoms with Gasteiger partial charge in [-0.1, -0.05) is 6.07 Å². The molecule has 0 amide bonds. The number of pyridine rings is 1. The summed E-state index contributed by atoms with van der Waals surface area (Å²) in [5.41, 5.74) is 0.679. The summed E-state index contributed by atoms with van der Waals surface area (Å²) in [4.78, 5) is 15.9. The minimum atomic E-state index is -1.29. The summed E-state index contributed by atoms with van der Waals surface area (Å²) >= 11 is -1.29. The van der Waals surface area contributed by atoms with Gasteiger partial charge in [-0.05, 0) is 39.8 Å². The molecule has 1 rings (SSSR count). The highest BCUT2D eigenvalue weighted by molar-refractivity contribution is 7.90. The fourth-order valence-corrected chi connectivity index (χ4v) is 2.30. The summed E-state index contributed by atoms with van der Waals surface area (Å²) in [5.74, 6) is -0.332. The zero-order chi connectivity index (χ0) is 15.2. The molecule has 0 aliphatic carbocycles. The normalized spacial score (nSPS) is 14.7. The van der Waals surface area contributed by atoms with E-state index in [2.05, 4.69) is 9.71 Å². The number of hydrogen-bond acceptors (Lipinski definition) is 5. The number of carbonyl (C=O) groups excluding carboxylic acids is 1. The van der Waals surface area contributed by atoms with E-state index in [-0.39, 0.29) is 12.4 Å². The second-order valence-corrected chi connectivity index (χ2v) is 7.31. The molecular weight excluding hydrogens is 276 g/mol. The molecule has 1 N–H and O–H groups in total. The van der Waals surface area contributed by atoms with Crippen molar-refractivity contribution in [3.63, 3.8) is 0 Å². The Labute approximate surface area is 123 Å². The fourth-order valence-electron chi connectivity index (χ4n) is 1.48. The minimum Gasteiger partial charge on any atom is -0.598 e. The summed E-state index contributed by atoms with van der Waals surface area (Å²) in [5, 5.41) is 0. The van der Waals surface area contributed by atoms with E-state index in [0.717, 1.165) is 0 Å². The molecule has 1 aromatic heterocycles. The molecule has 0 fully saturated rings. The molecule has 112 valence electrons. The largest absolute Gasteiger partial charge is 0.598 e. The molecule has 0 aromatic carbocycles. The summed E-state index contributed by atoms with van der Waals surface area (Å²) in [6.07, 6.45) is 1.75. The molecule has 1 heterocycles. The first-order chi connectivity index (χ1) is 9.34.